The van der Waals surface area contributed by atoms with Gasteiger partial charge in [0.15, 0.2) is 0 Å². The highest BCUT2D eigenvalue weighted by Gasteiger charge is 2.35. The minimum Gasteiger partial charge on any atom is -0.341 e. The van der Waals surface area contributed by atoms with Crippen molar-refractivity contribution in [2.24, 2.45) is 5.92 Å². The van der Waals surface area contributed by atoms with E-state index in [-0.39, 0.29) is 24.2 Å². The third-order valence-corrected chi connectivity index (χ3v) is 6.22. The van der Waals surface area contributed by atoms with Crippen molar-refractivity contribution in [3.8, 4) is 0 Å². The highest BCUT2D eigenvalue weighted by Crippen LogP contribution is 2.27. The fraction of sp³-hybridized carbons (Fsp3) is 0.308. The van der Waals surface area contributed by atoms with Gasteiger partial charge in [0.05, 0.1) is 5.92 Å². The highest BCUT2D eigenvalue weighted by atomic mass is 16.2. The molecule has 2 aliphatic heterocycles. The Labute approximate surface area is 199 Å². The van der Waals surface area contributed by atoms with Crippen molar-refractivity contribution < 1.29 is 9.59 Å². The molecule has 3 heterocycles. The average Bonchev–Trinajstić information content (AvgIpc) is 3.51. The van der Waals surface area contributed by atoms with E-state index in [1.54, 1.807) is 4.90 Å². The van der Waals surface area contributed by atoms with Crippen LogP contribution in [0.4, 0.5) is 28.8 Å². The molecule has 0 aliphatic carbocycles. The van der Waals surface area contributed by atoms with Gasteiger partial charge < -0.3 is 20.4 Å². The largest absolute Gasteiger partial charge is 0.341 e. The lowest BCUT2D eigenvalue weighted by Crippen LogP contribution is -2.28. The lowest BCUT2D eigenvalue weighted by Gasteiger charge is -2.17. The van der Waals surface area contributed by atoms with E-state index >= 15 is 0 Å². The van der Waals surface area contributed by atoms with Crippen LogP contribution in [-0.4, -0.2) is 41.4 Å². The number of para-hydroxylation sites is 1. The van der Waals surface area contributed by atoms with Gasteiger partial charge in [-0.25, -0.2) is 4.98 Å². The Balaban J connectivity index is 1.20. The quantitative estimate of drug-likeness (QED) is 0.580. The van der Waals surface area contributed by atoms with Gasteiger partial charge in [0, 0.05) is 54.9 Å². The van der Waals surface area contributed by atoms with E-state index in [2.05, 4.69) is 25.5 Å². The fourth-order valence-electron chi connectivity index (χ4n) is 4.45. The van der Waals surface area contributed by atoms with E-state index in [1.807, 2.05) is 67.6 Å². The molecule has 3 aromatic rings. The zero-order valence-electron chi connectivity index (χ0n) is 19.2. The number of carbonyl (C=O) groups excluding carboxylic acids is 2. The first-order chi connectivity index (χ1) is 16.5. The van der Waals surface area contributed by atoms with E-state index in [4.69, 9.17) is 0 Å². The van der Waals surface area contributed by atoms with Gasteiger partial charge in [0.1, 0.15) is 5.82 Å². The van der Waals surface area contributed by atoms with Gasteiger partial charge in [-0.2, -0.15) is 4.98 Å². The molecule has 0 spiro atoms. The molecule has 1 aromatic heterocycles. The Bertz CT molecular complexity index is 1180. The first kappa shape index (κ1) is 21.9. The van der Waals surface area contributed by atoms with Crippen LogP contribution in [-0.2, 0) is 9.59 Å². The van der Waals surface area contributed by atoms with Gasteiger partial charge in [-0.15, -0.1) is 0 Å². The van der Waals surface area contributed by atoms with Gasteiger partial charge in [-0.1, -0.05) is 18.2 Å². The van der Waals surface area contributed by atoms with Crippen molar-refractivity contribution in [1.82, 2.24) is 9.97 Å². The summed E-state index contributed by atoms with van der Waals surface area (Å²) < 4.78 is 0. The van der Waals surface area contributed by atoms with E-state index in [9.17, 15) is 9.59 Å². The number of aromatic nitrogens is 2. The fourth-order valence-corrected chi connectivity index (χ4v) is 4.45. The van der Waals surface area contributed by atoms with Crippen molar-refractivity contribution in [2.75, 3.05) is 40.1 Å². The third kappa shape index (κ3) is 4.85. The maximum Gasteiger partial charge on any atom is 0.229 e. The monoisotopic (exact) mass is 456 g/mol. The molecule has 1 unspecified atom stereocenters. The number of carbonyl (C=O) groups is 2. The third-order valence-electron chi connectivity index (χ3n) is 6.22. The van der Waals surface area contributed by atoms with Crippen LogP contribution in [0.5, 0.6) is 0 Å². The topological polar surface area (TPSA) is 90.5 Å². The molecule has 2 saturated heterocycles. The van der Waals surface area contributed by atoms with E-state index in [1.165, 1.54) is 12.8 Å². The molecule has 174 valence electrons. The Morgan fingerprint density at radius 2 is 1.68 bits per heavy atom. The molecule has 8 heteroatoms. The molecule has 5 rings (SSSR count). The number of benzene rings is 2. The summed E-state index contributed by atoms with van der Waals surface area (Å²) in [5.41, 5.74) is 3.30. The summed E-state index contributed by atoms with van der Waals surface area (Å²) in [5, 5.41) is 6.28. The predicted octanol–water partition coefficient (Wildman–Crippen LogP) is 4.12. The summed E-state index contributed by atoms with van der Waals surface area (Å²) in [6.07, 6.45) is 2.56. The van der Waals surface area contributed by atoms with Crippen LogP contribution in [0.2, 0.25) is 0 Å². The number of anilines is 5. The predicted molar refractivity (Wildman–Crippen MR) is 133 cm³/mol. The Morgan fingerprint density at radius 3 is 2.41 bits per heavy atom. The standard InChI is InChI=1S/C26H28N6O2/c1-18-15-23(30-26(27-18)31-13-5-6-14-31)28-20-9-11-21(12-10-20)29-25(34)19-16-24(33)32(17-19)22-7-3-2-4-8-22/h2-4,7-12,15,19H,5-6,13-14,16-17H2,1H3,(H,29,34)(H,27,28,30). The number of aryl methyl sites for hydroxylation is 1. The zero-order chi connectivity index (χ0) is 23.5. The number of rotatable bonds is 6. The van der Waals surface area contributed by atoms with Crippen LogP contribution in [0.15, 0.2) is 60.7 Å². The molecule has 0 radical (unpaired) electrons. The van der Waals surface area contributed by atoms with E-state index in [0.29, 0.717) is 12.2 Å². The van der Waals surface area contributed by atoms with Gasteiger partial charge in [0.25, 0.3) is 0 Å². The molecule has 2 amide bonds. The van der Waals surface area contributed by atoms with Gasteiger partial charge >= 0.3 is 0 Å². The van der Waals surface area contributed by atoms with Crippen LogP contribution in [0.25, 0.3) is 0 Å². The average molecular weight is 457 g/mol. The van der Waals surface area contributed by atoms with Crippen molar-refractivity contribution >= 4 is 40.6 Å². The molecule has 2 N–H and O–H groups in total. The lowest BCUT2D eigenvalue weighted by molar-refractivity contribution is -0.122. The van der Waals surface area contributed by atoms with Crippen LogP contribution in [0, 0.1) is 12.8 Å². The van der Waals surface area contributed by atoms with E-state index < -0.39 is 0 Å². The van der Waals surface area contributed by atoms with Crippen molar-refractivity contribution in [1.29, 1.82) is 0 Å². The second-order valence-corrected chi connectivity index (χ2v) is 8.82. The summed E-state index contributed by atoms with van der Waals surface area (Å²) >= 11 is 0. The molecule has 1 atom stereocenters. The number of nitrogens with one attached hydrogen (secondary N) is 2. The summed E-state index contributed by atoms with van der Waals surface area (Å²) in [6.45, 7) is 4.35. The highest BCUT2D eigenvalue weighted by molar-refractivity contribution is 6.03. The number of hydrogen-bond acceptors (Lipinski definition) is 6. The maximum absolute atomic E-state index is 12.8. The number of hydrogen-bond donors (Lipinski definition) is 2. The van der Waals surface area contributed by atoms with Gasteiger partial charge in [-0.05, 0) is 56.2 Å². The second-order valence-electron chi connectivity index (χ2n) is 8.82. The van der Waals surface area contributed by atoms with Crippen LogP contribution < -0.4 is 20.4 Å². The first-order valence-corrected chi connectivity index (χ1v) is 11.7. The molecule has 8 nitrogen and oxygen atoms in total. The minimum atomic E-state index is -0.376. The molecule has 0 saturated carbocycles. The Kier molecular flexibility index (Phi) is 6.12. The minimum absolute atomic E-state index is 0.0284. The van der Waals surface area contributed by atoms with Crippen LogP contribution in [0.1, 0.15) is 25.0 Å². The Hall–Kier alpha value is -3.94. The molecule has 34 heavy (non-hydrogen) atoms. The smallest absolute Gasteiger partial charge is 0.229 e. The van der Waals surface area contributed by atoms with Gasteiger partial charge in [-0.3, -0.25) is 9.59 Å². The second kappa shape index (κ2) is 9.51. The lowest BCUT2D eigenvalue weighted by atomic mass is 10.1. The zero-order valence-corrected chi connectivity index (χ0v) is 19.2. The van der Waals surface area contributed by atoms with Crippen molar-refractivity contribution in [3.05, 3.63) is 66.4 Å². The molecular weight excluding hydrogens is 428 g/mol. The van der Waals surface area contributed by atoms with Crippen LogP contribution in [0.3, 0.4) is 0 Å². The SMILES string of the molecule is Cc1cc(Nc2ccc(NC(=O)C3CC(=O)N(c4ccccc4)C3)cc2)nc(N2CCCC2)n1. The summed E-state index contributed by atoms with van der Waals surface area (Å²) in [6, 6.07) is 18.9. The van der Waals surface area contributed by atoms with Gasteiger partial charge in [0.2, 0.25) is 17.8 Å². The Morgan fingerprint density at radius 1 is 0.971 bits per heavy atom. The molecule has 0 bridgehead atoms. The summed E-state index contributed by atoms with van der Waals surface area (Å²) in [5.74, 6) is 0.961. The maximum atomic E-state index is 12.8. The van der Waals surface area contributed by atoms with Crippen LogP contribution >= 0.6 is 0 Å². The normalized spacial score (nSPS) is 17.8. The summed E-state index contributed by atoms with van der Waals surface area (Å²) in [7, 11) is 0. The molecule has 2 fully saturated rings. The number of amides is 2. The molecule has 2 aromatic carbocycles. The summed E-state index contributed by atoms with van der Waals surface area (Å²) in [4.78, 5) is 38.3. The van der Waals surface area contributed by atoms with Crippen molar-refractivity contribution in [2.45, 2.75) is 26.2 Å². The van der Waals surface area contributed by atoms with E-state index in [0.717, 1.165) is 41.9 Å². The first-order valence-electron chi connectivity index (χ1n) is 11.7. The van der Waals surface area contributed by atoms with Crippen molar-refractivity contribution in [3.63, 3.8) is 0 Å². The molecular formula is C26H28N6O2. The molecule has 2 aliphatic rings. The number of nitrogens with zero attached hydrogens (tertiary/aromatic N) is 4.